The molecule has 0 aliphatic carbocycles. The Bertz CT molecular complexity index is 941. The van der Waals surface area contributed by atoms with E-state index in [1.807, 2.05) is 13.0 Å². The predicted molar refractivity (Wildman–Crippen MR) is 84.7 cm³/mol. The van der Waals surface area contributed by atoms with E-state index < -0.39 is 9.84 Å². The molecule has 22 heavy (non-hydrogen) atoms. The number of fused-ring (bicyclic) bond motifs is 1. The lowest BCUT2D eigenvalue weighted by Gasteiger charge is -2.07. The quantitative estimate of drug-likeness (QED) is 0.753. The van der Waals surface area contributed by atoms with Crippen molar-refractivity contribution >= 4 is 27.0 Å². The zero-order valence-corrected chi connectivity index (χ0v) is 12.9. The Balaban J connectivity index is 2.30. The Morgan fingerprint density at radius 2 is 1.77 bits per heavy atom. The molecule has 0 saturated carbocycles. The molecule has 0 fully saturated rings. The van der Waals surface area contributed by atoms with Crippen LogP contribution in [-0.4, -0.2) is 19.7 Å². The first-order chi connectivity index (χ1) is 10.6. The molecule has 112 valence electrons. The minimum Gasteiger partial charge on any atom is -0.358 e. The highest BCUT2D eigenvalue weighted by Gasteiger charge is 2.22. The number of hydrogen-bond donors (Lipinski definition) is 1. The minimum absolute atomic E-state index is 0.241. The Hall–Kier alpha value is -2.40. The van der Waals surface area contributed by atoms with Gasteiger partial charge in [-0.1, -0.05) is 24.3 Å². The number of rotatable bonds is 4. The van der Waals surface area contributed by atoms with Gasteiger partial charge in [-0.25, -0.2) is 8.42 Å². The van der Waals surface area contributed by atoms with Crippen molar-refractivity contribution in [3.63, 3.8) is 0 Å². The molecule has 0 saturated heterocycles. The fourth-order valence-electron chi connectivity index (χ4n) is 2.67. The van der Waals surface area contributed by atoms with Crippen LogP contribution in [0.3, 0.4) is 0 Å². The second-order valence-electron chi connectivity index (χ2n) is 5.09. The molecule has 4 nitrogen and oxygen atoms in total. The first kappa shape index (κ1) is 14.5. The Morgan fingerprint density at radius 1 is 1.05 bits per heavy atom. The summed E-state index contributed by atoms with van der Waals surface area (Å²) in [7, 11) is -3.60. The summed E-state index contributed by atoms with van der Waals surface area (Å²) in [6.45, 7) is 1.84. The normalized spacial score (nSPS) is 11.7. The summed E-state index contributed by atoms with van der Waals surface area (Å²) in [5.74, 6) is 0. The average Bonchev–Trinajstić information content (AvgIpc) is 2.85. The number of H-pyrrole nitrogens is 1. The van der Waals surface area contributed by atoms with Gasteiger partial charge in [-0.2, -0.15) is 0 Å². The van der Waals surface area contributed by atoms with Crippen molar-refractivity contribution < 1.29 is 13.2 Å². The number of hydrogen-bond acceptors (Lipinski definition) is 3. The molecule has 0 aliphatic rings. The second-order valence-corrected chi connectivity index (χ2v) is 7.01. The maximum absolute atomic E-state index is 12.9. The van der Waals surface area contributed by atoms with Gasteiger partial charge in [0.2, 0.25) is 9.84 Å². The van der Waals surface area contributed by atoms with E-state index >= 15 is 0 Å². The molecule has 0 unspecified atom stereocenters. The molecule has 1 aromatic heterocycles. The van der Waals surface area contributed by atoms with E-state index in [0.717, 1.165) is 23.1 Å². The van der Waals surface area contributed by atoms with Gasteiger partial charge in [-0.3, -0.25) is 0 Å². The van der Waals surface area contributed by atoms with Crippen molar-refractivity contribution in [2.75, 3.05) is 0 Å². The number of carbonyl (C=O) groups excluding carboxylic acids is 1. The lowest BCUT2D eigenvalue weighted by atomic mass is 10.1. The molecule has 1 N–H and O–H groups in total. The van der Waals surface area contributed by atoms with Crippen LogP contribution in [-0.2, 0) is 21.1 Å². The third-order valence-corrected chi connectivity index (χ3v) is 5.58. The monoisotopic (exact) mass is 313 g/mol. The largest absolute Gasteiger partial charge is 0.358 e. The first-order valence-electron chi connectivity index (χ1n) is 6.89. The maximum atomic E-state index is 12.9. The van der Waals surface area contributed by atoms with Crippen LogP contribution >= 0.6 is 0 Å². The van der Waals surface area contributed by atoms with Gasteiger partial charge in [0, 0.05) is 23.0 Å². The van der Waals surface area contributed by atoms with E-state index in [9.17, 15) is 13.2 Å². The number of benzene rings is 2. The summed E-state index contributed by atoms with van der Waals surface area (Å²) in [5.41, 5.74) is 2.28. The highest BCUT2D eigenvalue weighted by atomic mass is 32.2. The zero-order valence-electron chi connectivity index (χ0n) is 12.0. The topological polar surface area (TPSA) is 67.0 Å². The van der Waals surface area contributed by atoms with Crippen LogP contribution in [0.25, 0.3) is 10.9 Å². The Kier molecular flexibility index (Phi) is 3.58. The van der Waals surface area contributed by atoms with Gasteiger partial charge in [-0.15, -0.1) is 0 Å². The van der Waals surface area contributed by atoms with Gasteiger partial charge in [0.25, 0.3) is 0 Å². The summed E-state index contributed by atoms with van der Waals surface area (Å²) < 4.78 is 25.8. The van der Waals surface area contributed by atoms with E-state index in [-0.39, 0.29) is 16.2 Å². The zero-order chi connectivity index (χ0) is 15.7. The molecular formula is C17H15NO3S. The first-order valence-corrected chi connectivity index (χ1v) is 8.38. The van der Waals surface area contributed by atoms with Crippen molar-refractivity contribution in [1.29, 1.82) is 0 Å². The van der Waals surface area contributed by atoms with Gasteiger partial charge in [0.15, 0.2) is 0 Å². The van der Waals surface area contributed by atoms with Crippen LogP contribution in [0.15, 0.2) is 58.3 Å². The fourth-order valence-corrected chi connectivity index (χ4v) is 4.23. The molecule has 0 spiro atoms. The summed E-state index contributed by atoms with van der Waals surface area (Å²) in [6, 6.07) is 13.5. The summed E-state index contributed by atoms with van der Waals surface area (Å²) >= 11 is 0. The van der Waals surface area contributed by atoms with Crippen LogP contribution in [0.4, 0.5) is 0 Å². The molecule has 2 aromatic carbocycles. The molecular weight excluding hydrogens is 298 g/mol. The van der Waals surface area contributed by atoms with E-state index in [1.54, 1.807) is 42.5 Å². The molecule has 0 radical (unpaired) electrons. The summed E-state index contributed by atoms with van der Waals surface area (Å²) in [4.78, 5) is 14.4. The molecule has 1 heterocycles. The molecule has 3 rings (SSSR count). The van der Waals surface area contributed by atoms with Gasteiger partial charge in [0.1, 0.15) is 6.29 Å². The fraction of sp³-hybridized carbons (Fsp3) is 0.118. The third-order valence-electron chi connectivity index (χ3n) is 3.77. The smallest absolute Gasteiger partial charge is 0.207 e. The van der Waals surface area contributed by atoms with Crippen molar-refractivity contribution in [3.05, 3.63) is 59.8 Å². The van der Waals surface area contributed by atoms with Gasteiger partial charge >= 0.3 is 0 Å². The van der Waals surface area contributed by atoms with Crippen molar-refractivity contribution in [3.8, 4) is 0 Å². The van der Waals surface area contributed by atoms with E-state index in [1.165, 1.54) is 0 Å². The Labute approximate surface area is 128 Å². The second kappa shape index (κ2) is 5.42. The van der Waals surface area contributed by atoms with Crippen molar-refractivity contribution in [2.45, 2.75) is 23.1 Å². The number of sulfone groups is 1. The number of aldehydes is 1. The lowest BCUT2D eigenvalue weighted by molar-refractivity contribution is -0.107. The number of aryl methyl sites for hydroxylation is 1. The highest BCUT2D eigenvalue weighted by molar-refractivity contribution is 7.91. The van der Waals surface area contributed by atoms with E-state index in [0.29, 0.717) is 5.39 Å². The van der Waals surface area contributed by atoms with E-state index in [4.69, 9.17) is 0 Å². The van der Waals surface area contributed by atoms with Gasteiger partial charge < -0.3 is 9.78 Å². The van der Waals surface area contributed by atoms with Crippen molar-refractivity contribution in [2.24, 2.45) is 0 Å². The molecule has 3 aromatic rings. The van der Waals surface area contributed by atoms with Crippen LogP contribution in [0, 0.1) is 6.92 Å². The number of carbonyl (C=O) groups is 1. The minimum atomic E-state index is -3.60. The van der Waals surface area contributed by atoms with Gasteiger partial charge in [-0.05, 0) is 36.8 Å². The highest BCUT2D eigenvalue weighted by Crippen LogP contribution is 2.32. The van der Waals surface area contributed by atoms with Crippen LogP contribution in [0.2, 0.25) is 0 Å². The van der Waals surface area contributed by atoms with Crippen LogP contribution in [0.1, 0.15) is 11.3 Å². The van der Waals surface area contributed by atoms with Crippen LogP contribution in [0.5, 0.6) is 0 Å². The number of aromatic amines is 1. The maximum Gasteiger partial charge on any atom is 0.207 e. The SMILES string of the molecule is Cc1c(CC=O)[nH]c2cccc(S(=O)(=O)c3ccccc3)c12. The summed E-state index contributed by atoms with van der Waals surface area (Å²) in [6.07, 6.45) is 1.05. The molecule has 5 heteroatoms. The van der Waals surface area contributed by atoms with E-state index in [2.05, 4.69) is 4.98 Å². The molecule has 0 amide bonds. The molecule has 0 bridgehead atoms. The number of nitrogens with one attached hydrogen (secondary N) is 1. The Morgan fingerprint density at radius 3 is 2.45 bits per heavy atom. The standard InChI is InChI=1S/C17H15NO3S/c1-12-14(10-11-19)18-15-8-5-9-16(17(12)15)22(20,21)13-6-3-2-4-7-13/h2-9,11,18H,10H2,1H3. The lowest BCUT2D eigenvalue weighted by Crippen LogP contribution is -2.02. The molecule has 0 atom stereocenters. The molecule has 0 aliphatic heterocycles. The third kappa shape index (κ3) is 2.23. The number of aromatic nitrogens is 1. The van der Waals surface area contributed by atoms with Gasteiger partial charge in [0.05, 0.1) is 9.79 Å². The predicted octanol–water partition coefficient (Wildman–Crippen LogP) is 3.05. The summed E-state index contributed by atoms with van der Waals surface area (Å²) in [5, 5.41) is 0.656. The van der Waals surface area contributed by atoms with Crippen molar-refractivity contribution in [1.82, 2.24) is 4.98 Å². The average molecular weight is 313 g/mol. The van der Waals surface area contributed by atoms with Crippen LogP contribution < -0.4 is 0 Å².